The third kappa shape index (κ3) is 114. The van der Waals surface area contributed by atoms with Gasteiger partial charge in [-0.1, -0.05) is 219 Å². The lowest BCUT2D eigenvalue weighted by Gasteiger charge is -1.95. The Morgan fingerprint density at radius 3 is 0.417 bits per heavy atom. The highest BCUT2D eigenvalue weighted by Gasteiger charge is 1.86. The maximum Gasteiger partial charge on any atom is -0.0471 e. The Balaban J connectivity index is -0.0000000750. The van der Waals surface area contributed by atoms with E-state index in [2.05, 4.69) is 104 Å². The molecule has 0 spiro atoms. The SMILES string of the molecule is CCCC(C)C.CCCC(C)C.CCCC(C)C.CCCCCC.CCCCCC.CCCCCC. The molecule has 0 aromatic rings. The van der Waals surface area contributed by atoms with Crippen molar-refractivity contribution in [3.05, 3.63) is 0 Å². The summed E-state index contributed by atoms with van der Waals surface area (Å²) in [7, 11) is 0. The molecule has 228 valence electrons. The molecule has 0 unspecified atom stereocenters. The molecule has 0 N–H and O–H groups in total. The maximum atomic E-state index is 2.25. The van der Waals surface area contributed by atoms with Crippen LogP contribution in [0.3, 0.4) is 0 Å². The number of unbranched alkanes of at least 4 members (excludes halogenated alkanes) is 9. The monoisotopic (exact) mass is 517 g/mol. The molecule has 0 amide bonds. The van der Waals surface area contributed by atoms with Gasteiger partial charge in [0.15, 0.2) is 0 Å². The fourth-order valence-corrected chi connectivity index (χ4v) is 3.23. The van der Waals surface area contributed by atoms with E-state index in [1.165, 1.54) is 116 Å². The van der Waals surface area contributed by atoms with Gasteiger partial charge in [0.25, 0.3) is 0 Å². The minimum atomic E-state index is 0.898. The van der Waals surface area contributed by atoms with Gasteiger partial charge in [-0.15, -0.1) is 0 Å². The molecule has 0 radical (unpaired) electrons. The highest BCUT2D eigenvalue weighted by Crippen LogP contribution is 2.01. The van der Waals surface area contributed by atoms with E-state index in [1.807, 2.05) is 0 Å². The van der Waals surface area contributed by atoms with Gasteiger partial charge in [0, 0.05) is 0 Å². The molecule has 0 atom stereocenters. The summed E-state index contributed by atoms with van der Waals surface area (Å²) in [6.45, 7) is 33.6. The maximum absolute atomic E-state index is 2.25. The highest BCUT2D eigenvalue weighted by atomic mass is 13.9. The lowest BCUT2D eigenvalue weighted by molar-refractivity contribution is 0.576. The fourth-order valence-electron chi connectivity index (χ4n) is 3.23. The van der Waals surface area contributed by atoms with Crippen LogP contribution in [-0.2, 0) is 0 Å². The summed E-state index contributed by atoms with van der Waals surface area (Å²) in [6, 6.07) is 0. The van der Waals surface area contributed by atoms with Crippen LogP contribution in [0.5, 0.6) is 0 Å². The zero-order chi connectivity index (χ0) is 29.5. The van der Waals surface area contributed by atoms with Crippen molar-refractivity contribution in [2.45, 2.75) is 219 Å². The molecule has 0 aliphatic rings. The molecule has 0 aromatic heterocycles. The predicted octanol–water partition coefficient (Wildman–Crippen LogP) is 15.1. The molecular weight excluding hydrogens is 432 g/mol. The molecule has 0 heteroatoms. The zero-order valence-corrected chi connectivity index (χ0v) is 29.5. The van der Waals surface area contributed by atoms with Gasteiger partial charge >= 0.3 is 0 Å². The van der Waals surface area contributed by atoms with Crippen molar-refractivity contribution in [2.24, 2.45) is 17.8 Å². The second kappa shape index (κ2) is 55.5. The first kappa shape index (κ1) is 49.0. The van der Waals surface area contributed by atoms with Crippen LogP contribution in [0.15, 0.2) is 0 Å². The van der Waals surface area contributed by atoms with Crippen LogP contribution in [0.1, 0.15) is 219 Å². The minimum absolute atomic E-state index is 0.898. The van der Waals surface area contributed by atoms with Crippen LogP contribution in [-0.4, -0.2) is 0 Å². The van der Waals surface area contributed by atoms with Gasteiger partial charge in [-0.2, -0.15) is 0 Å². The van der Waals surface area contributed by atoms with Crippen LogP contribution >= 0.6 is 0 Å². The van der Waals surface area contributed by atoms with Gasteiger partial charge in [-0.05, 0) is 17.8 Å². The van der Waals surface area contributed by atoms with Gasteiger partial charge in [0.05, 0.1) is 0 Å². The van der Waals surface area contributed by atoms with E-state index in [0.29, 0.717) is 0 Å². The van der Waals surface area contributed by atoms with E-state index in [9.17, 15) is 0 Å². The Bertz CT molecular complexity index is 196. The number of hydrogen-bond acceptors (Lipinski definition) is 0. The third-order valence-corrected chi connectivity index (χ3v) is 5.47. The van der Waals surface area contributed by atoms with Crippen molar-refractivity contribution in [3.63, 3.8) is 0 Å². The molecule has 0 saturated heterocycles. The summed E-state index contributed by atoms with van der Waals surface area (Å²) in [5.74, 6) is 2.69. The molecule has 0 saturated carbocycles. The molecule has 0 aliphatic carbocycles. The molecule has 0 bridgehead atoms. The van der Waals surface area contributed by atoms with Gasteiger partial charge in [-0.25, -0.2) is 0 Å². The van der Waals surface area contributed by atoms with Gasteiger partial charge in [0.1, 0.15) is 0 Å². The Kier molecular flexibility index (Phi) is 75.5. The first-order chi connectivity index (χ1) is 17.1. The Hall–Kier alpha value is 0. The Labute approximate surface area is 237 Å². The lowest BCUT2D eigenvalue weighted by Crippen LogP contribution is -1.81. The molecule has 36 heavy (non-hydrogen) atoms. The van der Waals surface area contributed by atoms with Gasteiger partial charge in [-0.3, -0.25) is 0 Å². The summed E-state index contributed by atoms with van der Waals surface area (Å²) in [5, 5.41) is 0. The van der Waals surface area contributed by atoms with E-state index in [4.69, 9.17) is 0 Å². The topological polar surface area (TPSA) is 0 Å². The van der Waals surface area contributed by atoms with Crippen LogP contribution in [0.25, 0.3) is 0 Å². The minimum Gasteiger partial charge on any atom is -0.0654 e. The number of hydrogen-bond donors (Lipinski definition) is 0. The zero-order valence-electron chi connectivity index (χ0n) is 29.5. The van der Waals surface area contributed by atoms with Crippen molar-refractivity contribution in [1.29, 1.82) is 0 Å². The van der Waals surface area contributed by atoms with Crippen LogP contribution in [0, 0.1) is 17.8 Å². The van der Waals surface area contributed by atoms with Gasteiger partial charge < -0.3 is 0 Å². The van der Waals surface area contributed by atoms with E-state index in [1.54, 1.807) is 0 Å². The van der Waals surface area contributed by atoms with Crippen molar-refractivity contribution < 1.29 is 0 Å². The average molecular weight is 517 g/mol. The van der Waals surface area contributed by atoms with Crippen LogP contribution < -0.4 is 0 Å². The van der Waals surface area contributed by atoms with Crippen LogP contribution in [0.2, 0.25) is 0 Å². The van der Waals surface area contributed by atoms with Crippen molar-refractivity contribution in [3.8, 4) is 0 Å². The quantitative estimate of drug-likeness (QED) is 0.190. The summed E-state index contributed by atoms with van der Waals surface area (Å²) >= 11 is 0. The molecule has 0 rings (SSSR count). The van der Waals surface area contributed by atoms with E-state index in [0.717, 1.165) is 17.8 Å². The normalized spacial score (nSPS) is 9.50. The van der Waals surface area contributed by atoms with Crippen molar-refractivity contribution >= 4 is 0 Å². The predicted molar refractivity (Wildman–Crippen MR) is 179 cm³/mol. The lowest BCUT2D eigenvalue weighted by atomic mass is 10.1. The molecule has 0 aromatic carbocycles. The standard InChI is InChI=1S/6C6H14/c3*1-4-5-6(2)3;3*1-3-5-6-4-2/h3*6H,4-5H2,1-3H3;3*3-6H2,1-2H3. The first-order valence-electron chi connectivity index (χ1n) is 17.1. The van der Waals surface area contributed by atoms with Crippen LogP contribution in [0.4, 0.5) is 0 Å². The van der Waals surface area contributed by atoms with Crippen molar-refractivity contribution in [2.75, 3.05) is 0 Å². The molecular formula is C36H84. The molecule has 0 nitrogen and oxygen atoms in total. The largest absolute Gasteiger partial charge is 0.0654 e. The second-order valence-electron chi connectivity index (χ2n) is 11.7. The first-order valence-corrected chi connectivity index (χ1v) is 17.1. The fraction of sp³-hybridized carbons (Fsp3) is 1.00. The molecule has 0 heterocycles. The van der Waals surface area contributed by atoms with Gasteiger partial charge in [0.2, 0.25) is 0 Å². The summed E-state index contributed by atoms with van der Waals surface area (Å²) in [4.78, 5) is 0. The summed E-state index contributed by atoms with van der Waals surface area (Å²) in [5.41, 5.74) is 0. The smallest absolute Gasteiger partial charge is 0.0471 e. The third-order valence-electron chi connectivity index (χ3n) is 5.47. The van der Waals surface area contributed by atoms with E-state index >= 15 is 0 Å². The summed E-state index contributed by atoms with van der Waals surface area (Å²) < 4.78 is 0. The average Bonchev–Trinajstić information content (AvgIpc) is 2.82. The number of rotatable bonds is 15. The Morgan fingerprint density at radius 2 is 0.389 bits per heavy atom. The highest BCUT2D eigenvalue weighted by molar-refractivity contribution is 4.40. The molecule has 0 fully saturated rings. The Morgan fingerprint density at radius 1 is 0.250 bits per heavy atom. The van der Waals surface area contributed by atoms with E-state index in [-0.39, 0.29) is 0 Å². The van der Waals surface area contributed by atoms with Crippen molar-refractivity contribution in [1.82, 2.24) is 0 Å². The van der Waals surface area contributed by atoms with E-state index < -0.39 is 0 Å². The summed E-state index contributed by atoms with van der Waals surface area (Å²) in [6.07, 6.45) is 24.7. The second-order valence-corrected chi connectivity index (χ2v) is 11.7. The molecule has 0 aliphatic heterocycles.